The van der Waals surface area contributed by atoms with E-state index in [1.165, 1.54) is 10.6 Å². The molecule has 0 aromatic heterocycles. The molecular weight excluding hydrogens is 140 g/mol. The van der Waals surface area contributed by atoms with Gasteiger partial charge in [-0.05, 0) is 0 Å². The summed E-state index contributed by atoms with van der Waals surface area (Å²) in [5.41, 5.74) is 0. The van der Waals surface area contributed by atoms with E-state index < -0.39 is 11.8 Å². The molecule has 0 unspecified atom stereocenters. The largest absolute Gasteiger partial charge is 0.316 e. The van der Waals surface area contributed by atoms with Crippen LogP contribution in [-0.4, -0.2) is 24.6 Å². The maximum atomic E-state index is 10.2. The summed E-state index contributed by atoms with van der Waals surface area (Å²) in [6, 6.07) is 0. The lowest BCUT2D eigenvalue weighted by atomic mass is 10.6. The lowest BCUT2D eigenvalue weighted by Gasteiger charge is -1.91. The zero-order valence-corrected chi connectivity index (χ0v) is 4.79. The maximum absolute atomic E-state index is 10.2. The molecule has 0 heterocycles. The Balaban J connectivity index is 3.81. The molecule has 0 radical (unpaired) electrons. The number of rotatable bonds is 2. The smallest absolute Gasteiger partial charge is 0.291 e. The van der Waals surface area contributed by atoms with Crippen molar-refractivity contribution in [3.8, 4) is 0 Å². The van der Waals surface area contributed by atoms with Crippen LogP contribution in [0.1, 0.15) is 0 Å². The fraction of sp³-hybridized carbons (Fsp3) is 0. The molecule has 54 valence electrons. The third-order valence-corrected chi connectivity index (χ3v) is 0.586. The van der Waals surface area contributed by atoms with Gasteiger partial charge in [0.1, 0.15) is 0 Å². The van der Waals surface area contributed by atoms with E-state index in [-0.39, 0.29) is 12.8 Å². The first kappa shape index (κ1) is 8.28. The molecule has 4 amide bonds. The van der Waals surface area contributed by atoms with Crippen LogP contribution in [0, 0.1) is 0 Å². The van der Waals surface area contributed by atoms with Crippen molar-refractivity contribution in [2.75, 3.05) is 0 Å². The number of carbonyl (C=O) groups excluding carboxylic acids is 4. The zero-order chi connectivity index (χ0) is 7.98. The van der Waals surface area contributed by atoms with Gasteiger partial charge in [0.15, 0.2) is 0 Å². The highest BCUT2D eigenvalue weighted by atomic mass is 16.2. The summed E-state index contributed by atoms with van der Waals surface area (Å²) in [5.74, 6) is -2.33. The van der Waals surface area contributed by atoms with E-state index in [2.05, 4.69) is 0 Å². The minimum Gasteiger partial charge on any atom is -0.291 e. The Bertz CT molecular complexity index is 156. The summed E-state index contributed by atoms with van der Waals surface area (Å²) in [6.07, 6.45) is 0.0967. The van der Waals surface area contributed by atoms with E-state index in [0.717, 1.165) is 0 Å². The van der Waals surface area contributed by atoms with Gasteiger partial charge in [-0.1, -0.05) is 0 Å². The second kappa shape index (κ2) is 4.19. The van der Waals surface area contributed by atoms with Gasteiger partial charge in [-0.2, -0.15) is 0 Å². The summed E-state index contributed by atoms with van der Waals surface area (Å²) in [5, 5.41) is 3.08. The highest BCUT2D eigenvalue weighted by molar-refractivity contribution is 6.38. The van der Waals surface area contributed by atoms with Crippen LogP contribution in [0.4, 0.5) is 0 Å². The average molecular weight is 144 g/mol. The number of nitrogens with one attached hydrogen (secondary N) is 2. The average Bonchev–Trinajstić information content (AvgIpc) is 1.89. The molecule has 0 atom stereocenters. The fourth-order valence-electron chi connectivity index (χ4n) is 0.238. The van der Waals surface area contributed by atoms with Crippen molar-refractivity contribution < 1.29 is 19.2 Å². The Hall–Kier alpha value is -1.72. The molecule has 6 heteroatoms. The van der Waals surface area contributed by atoms with Crippen LogP contribution in [0.3, 0.4) is 0 Å². The van der Waals surface area contributed by atoms with Crippen LogP contribution in [0.15, 0.2) is 0 Å². The van der Waals surface area contributed by atoms with Crippen LogP contribution in [0.25, 0.3) is 0 Å². The van der Waals surface area contributed by atoms with Crippen LogP contribution < -0.4 is 10.6 Å². The standard InChI is InChI=1S/C4H4N2O4/c7-1-5-3(9)4(10)6-2-8/h1-2H,(H,5,7,9)(H,6,8,10). The van der Waals surface area contributed by atoms with Crippen molar-refractivity contribution >= 4 is 24.6 Å². The molecule has 0 rings (SSSR count). The SMILES string of the molecule is O=CNC(=O)C(=O)NC=O. The van der Waals surface area contributed by atoms with Gasteiger partial charge in [0.25, 0.3) is 0 Å². The van der Waals surface area contributed by atoms with Gasteiger partial charge in [0, 0.05) is 0 Å². The summed E-state index contributed by atoms with van der Waals surface area (Å²) in [7, 11) is 0. The van der Waals surface area contributed by atoms with E-state index in [4.69, 9.17) is 0 Å². The van der Waals surface area contributed by atoms with E-state index in [1.807, 2.05) is 0 Å². The first-order chi connectivity index (χ1) is 4.72. The zero-order valence-electron chi connectivity index (χ0n) is 4.79. The third kappa shape index (κ3) is 2.55. The number of carbonyl (C=O) groups is 4. The topological polar surface area (TPSA) is 92.3 Å². The maximum Gasteiger partial charge on any atom is 0.316 e. The minimum atomic E-state index is -1.16. The molecule has 6 nitrogen and oxygen atoms in total. The molecule has 0 bridgehead atoms. The first-order valence-corrected chi connectivity index (χ1v) is 2.21. The van der Waals surface area contributed by atoms with Crippen LogP contribution >= 0.6 is 0 Å². The van der Waals surface area contributed by atoms with Gasteiger partial charge >= 0.3 is 11.8 Å². The summed E-state index contributed by atoms with van der Waals surface area (Å²) >= 11 is 0. The predicted octanol–water partition coefficient (Wildman–Crippen LogP) is -2.47. The first-order valence-electron chi connectivity index (χ1n) is 2.21. The Morgan fingerprint density at radius 3 is 1.40 bits per heavy atom. The Morgan fingerprint density at radius 1 is 0.900 bits per heavy atom. The van der Waals surface area contributed by atoms with Crippen molar-refractivity contribution in [3.05, 3.63) is 0 Å². The van der Waals surface area contributed by atoms with Gasteiger partial charge in [0.05, 0.1) is 0 Å². The summed E-state index contributed by atoms with van der Waals surface area (Å²) in [6.45, 7) is 0. The quantitative estimate of drug-likeness (QED) is 0.332. The fourth-order valence-corrected chi connectivity index (χ4v) is 0.238. The highest BCUT2D eigenvalue weighted by Gasteiger charge is 2.09. The van der Waals surface area contributed by atoms with Crippen molar-refractivity contribution in [3.63, 3.8) is 0 Å². The molecule has 0 fully saturated rings. The molecular formula is C4H4N2O4. The van der Waals surface area contributed by atoms with Crippen LogP contribution in [0.2, 0.25) is 0 Å². The van der Waals surface area contributed by atoms with Gasteiger partial charge < -0.3 is 0 Å². The monoisotopic (exact) mass is 144 g/mol. The predicted molar refractivity (Wildman–Crippen MR) is 28.4 cm³/mol. The lowest BCUT2D eigenvalue weighted by molar-refractivity contribution is -0.141. The summed E-state index contributed by atoms with van der Waals surface area (Å²) < 4.78 is 0. The molecule has 0 saturated carbocycles. The Kier molecular flexibility index (Phi) is 3.47. The van der Waals surface area contributed by atoms with E-state index in [1.54, 1.807) is 0 Å². The molecule has 10 heavy (non-hydrogen) atoms. The number of hydrogen-bond acceptors (Lipinski definition) is 4. The highest BCUT2D eigenvalue weighted by Crippen LogP contribution is 1.61. The molecule has 0 aliphatic carbocycles. The number of amides is 4. The molecule has 0 aliphatic heterocycles. The van der Waals surface area contributed by atoms with E-state index >= 15 is 0 Å². The van der Waals surface area contributed by atoms with Gasteiger partial charge in [0.2, 0.25) is 12.8 Å². The lowest BCUT2D eigenvalue weighted by Crippen LogP contribution is -2.38. The van der Waals surface area contributed by atoms with Crippen molar-refractivity contribution in [1.29, 1.82) is 0 Å². The minimum absolute atomic E-state index is 0.0483. The Morgan fingerprint density at radius 2 is 1.20 bits per heavy atom. The van der Waals surface area contributed by atoms with Crippen molar-refractivity contribution in [2.24, 2.45) is 0 Å². The van der Waals surface area contributed by atoms with Crippen molar-refractivity contribution in [1.82, 2.24) is 10.6 Å². The molecule has 0 aromatic rings. The van der Waals surface area contributed by atoms with E-state index in [9.17, 15) is 19.2 Å². The second-order valence-corrected chi connectivity index (χ2v) is 1.18. The van der Waals surface area contributed by atoms with Crippen LogP contribution in [0.5, 0.6) is 0 Å². The molecule has 0 saturated heterocycles. The number of imide groups is 2. The molecule has 0 aromatic carbocycles. The third-order valence-electron chi connectivity index (χ3n) is 0.586. The second-order valence-electron chi connectivity index (χ2n) is 1.18. The van der Waals surface area contributed by atoms with Crippen molar-refractivity contribution in [2.45, 2.75) is 0 Å². The van der Waals surface area contributed by atoms with Gasteiger partial charge in [-0.3, -0.25) is 29.8 Å². The normalized spacial score (nSPS) is 7.60. The molecule has 2 N–H and O–H groups in total. The van der Waals surface area contributed by atoms with E-state index in [0.29, 0.717) is 0 Å². The van der Waals surface area contributed by atoms with Gasteiger partial charge in [-0.15, -0.1) is 0 Å². The van der Waals surface area contributed by atoms with Crippen LogP contribution in [-0.2, 0) is 19.2 Å². The summed E-state index contributed by atoms with van der Waals surface area (Å²) in [4.78, 5) is 39.5. The molecule has 0 spiro atoms. The molecule has 0 aliphatic rings. The Labute approximate surface area is 55.6 Å². The number of hydrogen-bond donors (Lipinski definition) is 2. The van der Waals surface area contributed by atoms with Gasteiger partial charge in [-0.25, -0.2) is 0 Å².